The maximum absolute atomic E-state index is 11.6. The van der Waals surface area contributed by atoms with Crippen molar-refractivity contribution >= 4 is 12.0 Å². The second-order valence-electron chi connectivity index (χ2n) is 4.90. The summed E-state index contributed by atoms with van der Waals surface area (Å²) in [5.74, 6) is -1.07. The molecule has 0 aromatic rings. The number of methoxy groups -OCH3 is 1. The van der Waals surface area contributed by atoms with Gasteiger partial charge in [-0.3, -0.25) is 0 Å². The van der Waals surface area contributed by atoms with E-state index >= 15 is 0 Å². The molecule has 1 heterocycles. The number of urea groups is 1. The molecule has 0 radical (unpaired) electrons. The van der Waals surface area contributed by atoms with Crippen LogP contribution >= 0.6 is 0 Å². The highest BCUT2D eigenvalue weighted by Gasteiger charge is 2.30. The first-order valence-corrected chi connectivity index (χ1v) is 6.37. The Bertz CT molecular complexity index is 315. The van der Waals surface area contributed by atoms with Crippen molar-refractivity contribution in [1.82, 2.24) is 10.6 Å². The van der Waals surface area contributed by atoms with Gasteiger partial charge in [0, 0.05) is 33.3 Å². The minimum absolute atomic E-state index is 0.229. The van der Waals surface area contributed by atoms with Gasteiger partial charge in [-0.15, -0.1) is 0 Å². The Morgan fingerprint density at radius 2 is 2.26 bits per heavy atom. The first-order chi connectivity index (χ1) is 8.97. The summed E-state index contributed by atoms with van der Waals surface area (Å²) in [4.78, 5) is 22.6. The zero-order chi connectivity index (χ0) is 14.3. The van der Waals surface area contributed by atoms with Crippen molar-refractivity contribution < 1.29 is 24.2 Å². The number of amides is 2. The number of ether oxygens (including phenoxy) is 2. The number of carbonyl (C=O) groups is 2. The lowest BCUT2D eigenvalue weighted by Gasteiger charge is -2.24. The van der Waals surface area contributed by atoms with Crippen molar-refractivity contribution in [2.24, 2.45) is 0 Å². The van der Waals surface area contributed by atoms with Crippen LogP contribution in [0.4, 0.5) is 4.79 Å². The Hall–Kier alpha value is -1.34. The van der Waals surface area contributed by atoms with Gasteiger partial charge in [-0.25, -0.2) is 9.59 Å². The molecule has 110 valence electrons. The van der Waals surface area contributed by atoms with Crippen molar-refractivity contribution in [1.29, 1.82) is 0 Å². The molecule has 0 bridgehead atoms. The predicted molar refractivity (Wildman–Crippen MR) is 68.0 cm³/mol. The lowest BCUT2D eigenvalue weighted by atomic mass is 10.0. The van der Waals surface area contributed by atoms with Crippen molar-refractivity contribution in [3.05, 3.63) is 0 Å². The fraction of sp³-hybridized carbons (Fsp3) is 0.833. The number of aliphatic carboxylic acids is 1. The average Bonchev–Trinajstić information content (AvgIpc) is 2.79. The molecule has 2 amide bonds. The average molecular weight is 274 g/mol. The maximum atomic E-state index is 11.6. The van der Waals surface area contributed by atoms with Gasteiger partial charge in [0.05, 0.1) is 5.60 Å². The SMILES string of the molecule is COCCC(NC(=O)NCC1(C)CCCO1)C(=O)O. The Kier molecular flexibility index (Phi) is 6.04. The van der Waals surface area contributed by atoms with Crippen LogP contribution in [0.15, 0.2) is 0 Å². The van der Waals surface area contributed by atoms with Crippen LogP contribution in [0.5, 0.6) is 0 Å². The number of hydrogen-bond acceptors (Lipinski definition) is 4. The third-order valence-corrected chi connectivity index (χ3v) is 3.14. The topological polar surface area (TPSA) is 96.9 Å². The molecule has 0 saturated carbocycles. The van der Waals surface area contributed by atoms with Crippen molar-refractivity contribution in [3.8, 4) is 0 Å². The highest BCUT2D eigenvalue weighted by molar-refractivity contribution is 5.82. The van der Waals surface area contributed by atoms with E-state index in [0.29, 0.717) is 13.2 Å². The van der Waals surface area contributed by atoms with Crippen LogP contribution in [0.2, 0.25) is 0 Å². The smallest absolute Gasteiger partial charge is 0.326 e. The van der Waals surface area contributed by atoms with Gasteiger partial charge in [0.15, 0.2) is 0 Å². The van der Waals surface area contributed by atoms with Crippen LogP contribution in [-0.2, 0) is 14.3 Å². The van der Waals surface area contributed by atoms with Crippen molar-refractivity contribution in [3.63, 3.8) is 0 Å². The summed E-state index contributed by atoms with van der Waals surface area (Å²) < 4.78 is 10.3. The molecule has 1 saturated heterocycles. The molecule has 1 fully saturated rings. The second kappa shape index (κ2) is 7.30. The van der Waals surface area contributed by atoms with Crippen LogP contribution in [0.3, 0.4) is 0 Å². The van der Waals surface area contributed by atoms with Crippen molar-refractivity contribution in [2.45, 2.75) is 37.8 Å². The monoisotopic (exact) mass is 274 g/mol. The Morgan fingerprint density at radius 3 is 2.79 bits per heavy atom. The minimum atomic E-state index is -1.07. The first kappa shape index (κ1) is 15.7. The number of carboxylic acid groups (broad SMARTS) is 1. The molecule has 0 aromatic heterocycles. The molecule has 3 N–H and O–H groups in total. The van der Waals surface area contributed by atoms with Gasteiger partial charge in [-0.05, 0) is 19.8 Å². The number of rotatable bonds is 7. The summed E-state index contributed by atoms with van der Waals surface area (Å²) in [5, 5.41) is 14.0. The van der Waals surface area contributed by atoms with Crippen molar-refractivity contribution in [2.75, 3.05) is 26.9 Å². The van der Waals surface area contributed by atoms with E-state index in [-0.39, 0.29) is 18.6 Å². The van der Waals surface area contributed by atoms with Crippen LogP contribution < -0.4 is 10.6 Å². The Balaban J connectivity index is 2.33. The quantitative estimate of drug-likeness (QED) is 0.622. The van der Waals surface area contributed by atoms with E-state index in [2.05, 4.69) is 10.6 Å². The number of carbonyl (C=O) groups excluding carboxylic acids is 1. The molecule has 0 spiro atoms. The molecule has 0 aromatic carbocycles. The largest absolute Gasteiger partial charge is 0.480 e. The molecule has 1 rings (SSSR count). The predicted octanol–water partition coefficient (Wildman–Crippen LogP) is 0.344. The third-order valence-electron chi connectivity index (χ3n) is 3.14. The number of nitrogens with one attached hydrogen (secondary N) is 2. The molecule has 1 aliphatic rings. The maximum Gasteiger partial charge on any atom is 0.326 e. The van der Waals surface area contributed by atoms with Crippen LogP contribution in [0.1, 0.15) is 26.2 Å². The van der Waals surface area contributed by atoms with E-state index in [9.17, 15) is 9.59 Å². The van der Waals surface area contributed by atoms with E-state index in [1.807, 2.05) is 6.92 Å². The molecule has 2 atom stereocenters. The fourth-order valence-corrected chi connectivity index (χ4v) is 1.95. The van der Waals surface area contributed by atoms with Crippen LogP contribution in [-0.4, -0.2) is 55.6 Å². The summed E-state index contributed by atoms with van der Waals surface area (Å²) in [7, 11) is 1.48. The van der Waals surface area contributed by atoms with E-state index in [1.54, 1.807) is 0 Å². The Labute approximate surface area is 112 Å². The Morgan fingerprint density at radius 1 is 1.53 bits per heavy atom. The van der Waals surface area contributed by atoms with E-state index in [4.69, 9.17) is 14.6 Å². The number of hydrogen-bond donors (Lipinski definition) is 3. The molecule has 1 aliphatic heterocycles. The van der Waals surface area contributed by atoms with Gasteiger partial charge in [0.1, 0.15) is 6.04 Å². The second-order valence-corrected chi connectivity index (χ2v) is 4.90. The highest BCUT2D eigenvalue weighted by atomic mass is 16.5. The molecule has 7 heteroatoms. The summed E-state index contributed by atoms with van der Waals surface area (Å²) in [6, 6.07) is -1.45. The van der Waals surface area contributed by atoms with E-state index in [0.717, 1.165) is 12.8 Å². The summed E-state index contributed by atoms with van der Waals surface area (Å²) >= 11 is 0. The van der Waals surface area contributed by atoms with Gasteiger partial charge >= 0.3 is 12.0 Å². The minimum Gasteiger partial charge on any atom is -0.480 e. The fourth-order valence-electron chi connectivity index (χ4n) is 1.95. The molecular weight excluding hydrogens is 252 g/mol. The highest BCUT2D eigenvalue weighted by Crippen LogP contribution is 2.23. The summed E-state index contributed by atoms with van der Waals surface area (Å²) in [6.45, 7) is 3.28. The summed E-state index contributed by atoms with van der Waals surface area (Å²) in [5.41, 5.74) is -0.345. The molecule has 2 unspecified atom stereocenters. The van der Waals surface area contributed by atoms with E-state index < -0.39 is 18.0 Å². The molecule has 7 nitrogen and oxygen atoms in total. The standard InChI is InChI=1S/C12H22N2O5/c1-12(5-3-6-19-12)8-13-11(17)14-9(10(15)16)4-7-18-2/h9H,3-8H2,1-2H3,(H,15,16)(H2,13,14,17). The van der Waals surface area contributed by atoms with Crippen LogP contribution in [0, 0.1) is 0 Å². The van der Waals surface area contributed by atoms with Gasteiger partial charge in [0.2, 0.25) is 0 Å². The molecule has 19 heavy (non-hydrogen) atoms. The third kappa shape index (κ3) is 5.44. The summed E-state index contributed by atoms with van der Waals surface area (Å²) in [6.07, 6.45) is 2.09. The zero-order valence-corrected chi connectivity index (χ0v) is 11.4. The van der Waals surface area contributed by atoms with Gasteiger partial charge in [-0.1, -0.05) is 0 Å². The molecule has 0 aliphatic carbocycles. The number of carboxylic acids is 1. The van der Waals surface area contributed by atoms with Crippen LogP contribution in [0.25, 0.3) is 0 Å². The molecular formula is C12H22N2O5. The lowest BCUT2D eigenvalue weighted by molar-refractivity contribution is -0.139. The van der Waals surface area contributed by atoms with Gasteiger partial charge in [0.25, 0.3) is 0 Å². The lowest BCUT2D eigenvalue weighted by Crippen LogP contribution is -2.50. The van der Waals surface area contributed by atoms with E-state index in [1.165, 1.54) is 7.11 Å². The normalized spacial score (nSPS) is 23.9. The zero-order valence-electron chi connectivity index (χ0n) is 11.4. The first-order valence-electron chi connectivity index (χ1n) is 6.37. The van der Waals surface area contributed by atoms with Gasteiger partial charge in [-0.2, -0.15) is 0 Å². The van der Waals surface area contributed by atoms with Gasteiger partial charge < -0.3 is 25.2 Å².